The van der Waals surface area contributed by atoms with Gasteiger partial charge in [-0.05, 0) is 68.4 Å². The molecule has 164 valence electrons. The number of carbonyl (C=O) groups excluding carboxylic acids is 1. The zero-order valence-corrected chi connectivity index (χ0v) is 18.8. The Morgan fingerprint density at radius 1 is 1.23 bits per heavy atom. The Kier molecular flexibility index (Phi) is 6.88. The molecule has 1 aliphatic rings. The first kappa shape index (κ1) is 22.4. The van der Waals surface area contributed by atoms with Crippen LogP contribution in [0.25, 0.3) is 0 Å². The third kappa shape index (κ3) is 5.23. The molecule has 1 aromatic heterocycles. The van der Waals surface area contributed by atoms with Crippen LogP contribution < -0.4 is 10.5 Å². The molecule has 1 aliphatic heterocycles. The maximum absolute atomic E-state index is 13.3. The highest BCUT2D eigenvalue weighted by atomic mass is 32.2. The van der Waals surface area contributed by atoms with Crippen LogP contribution in [0.4, 0.5) is 5.82 Å². The van der Waals surface area contributed by atoms with Crippen LogP contribution in [0.2, 0.25) is 0 Å². The Morgan fingerprint density at radius 3 is 2.57 bits per heavy atom. The molecular weight excluding hydrogens is 400 g/mol. The summed E-state index contributed by atoms with van der Waals surface area (Å²) in [7, 11) is -3.85. The number of benzene rings is 1. The number of nitrogens with one attached hydrogen (secondary N) is 1. The average Bonchev–Trinajstić information content (AvgIpc) is 3.11. The second-order valence-corrected chi connectivity index (χ2v) is 10.0. The average molecular weight is 433 g/mol. The summed E-state index contributed by atoms with van der Waals surface area (Å²) in [5, 5.41) is 0. The number of hydrogen-bond acceptors (Lipinski definition) is 4. The van der Waals surface area contributed by atoms with Crippen molar-refractivity contribution in [1.82, 2.24) is 14.2 Å². The van der Waals surface area contributed by atoms with Crippen LogP contribution in [-0.2, 0) is 21.4 Å². The van der Waals surface area contributed by atoms with Gasteiger partial charge in [-0.1, -0.05) is 19.1 Å². The van der Waals surface area contributed by atoms with Gasteiger partial charge < -0.3 is 15.2 Å². The largest absolute Gasteiger partial charge is 0.385 e. The van der Waals surface area contributed by atoms with E-state index in [1.165, 1.54) is 0 Å². The highest BCUT2D eigenvalue weighted by Crippen LogP contribution is 2.21. The fourth-order valence-corrected chi connectivity index (χ4v) is 5.38. The van der Waals surface area contributed by atoms with E-state index < -0.39 is 16.1 Å². The number of nitrogens with zero attached hydrogens (tertiary/aromatic N) is 2. The number of hydrogen-bond donors (Lipinski definition) is 2. The summed E-state index contributed by atoms with van der Waals surface area (Å²) >= 11 is 0. The van der Waals surface area contributed by atoms with Gasteiger partial charge in [0.2, 0.25) is 15.9 Å². The van der Waals surface area contributed by atoms with Crippen molar-refractivity contribution in [3.8, 4) is 0 Å². The zero-order valence-electron chi connectivity index (χ0n) is 18.0. The van der Waals surface area contributed by atoms with Gasteiger partial charge in [-0.3, -0.25) is 4.79 Å². The predicted molar refractivity (Wildman–Crippen MR) is 118 cm³/mol. The smallest absolute Gasteiger partial charge is 0.241 e. The number of rotatable bonds is 7. The lowest BCUT2D eigenvalue weighted by Crippen LogP contribution is -2.51. The molecule has 30 heavy (non-hydrogen) atoms. The van der Waals surface area contributed by atoms with E-state index in [0.29, 0.717) is 43.4 Å². The predicted octanol–water partition coefficient (Wildman–Crippen LogP) is 2.68. The van der Waals surface area contributed by atoms with Crippen LogP contribution in [0, 0.1) is 19.8 Å². The van der Waals surface area contributed by atoms with Gasteiger partial charge in [0.1, 0.15) is 11.9 Å². The van der Waals surface area contributed by atoms with Gasteiger partial charge in [-0.15, -0.1) is 0 Å². The van der Waals surface area contributed by atoms with Gasteiger partial charge in [-0.2, -0.15) is 4.72 Å². The monoisotopic (exact) mass is 432 g/mol. The Balaban J connectivity index is 1.83. The van der Waals surface area contributed by atoms with Gasteiger partial charge in [0, 0.05) is 25.8 Å². The molecule has 0 radical (unpaired) electrons. The minimum Gasteiger partial charge on any atom is -0.385 e. The Morgan fingerprint density at radius 2 is 1.93 bits per heavy atom. The van der Waals surface area contributed by atoms with Crippen LogP contribution in [-0.4, -0.2) is 42.9 Å². The molecule has 1 unspecified atom stereocenters. The lowest BCUT2D eigenvalue weighted by atomic mass is 9.98. The first-order valence-corrected chi connectivity index (χ1v) is 11.9. The van der Waals surface area contributed by atoms with Crippen LogP contribution >= 0.6 is 0 Å². The van der Waals surface area contributed by atoms with Crippen molar-refractivity contribution in [2.24, 2.45) is 5.92 Å². The van der Waals surface area contributed by atoms with E-state index in [1.54, 1.807) is 30.0 Å². The summed E-state index contributed by atoms with van der Waals surface area (Å²) < 4.78 is 30.9. The topological polar surface area (TPSA) is 97.4 Å². The van der Waals surface area contributed by atoms with E-state index in [1.807, 2.05) is 29.8 Å². The molecule has 3 rings (SSSR count). The Labute approximate surface area is 179 Å². The van der Waals surface area contributed by atoms with Crippen molar-refractivity contribution >= 4 is 21.7 Å². The minimum atomic E-state index is -3.85. The van der Waals surface area contributed by atoms with Crippen molar-refractivity contribution in [3.05, 3.63) is 47.7 Å². The number of nitrogens with two attached hydrogens (primary N) is 1. The van der Waals surface area contributed by atoms with Crippen LogP contribution in [0.3, 0.4) is 0 Å². The highest BCUT2D eigenvalue weighted by Gasteiger charge is 2.31. The van der Waals surface area contributed by atoms with Crippen LogP contribution in [0.15, 0.2) is 41.4 Å². The molecule has 1 amide bonds. The number of likely N-dealkylation sites (tertiary alicyclic amines) is 1. The molecular formula is C22H32N4O3S. The number of aryl methyl sites for hydroxylation is 3. The molecule has 2 heterocycles. The molecule has 2 aromatic rings. The SMILES string of the molecule is Cc1ccc(C)c(S(=O)(=O)NC(CCn2cccc2N)C(=O)N2CCC(C)CC2)c1. The maximum Gasteiger partial charge on any atom is 0.241 e. The van der Waals surface area contributed by atoms with Gasteiger partial charge in [0.05, 0.1) is 4.90 Å². The molecule has 0 spiro atoms. The summed E-state index contributed by atoms with van der Waals surface area (Å²) in [6.45, 7) is 7.56. The van der Waals surface area contributed by atoms with E-state index in [0.717, 1.165) is 18.4 Å². The fraction of sp³-hybridized carbons (Fsp3) is 0.500. The van der Waals surface area contributed by atoms with Crippen molar-refractivity contribution < 1.29 is 13.2 Å². The molecule has 0 saturated carbocycles. The molecule has 1 saturated heterocycles. The number of piperidine rings is 1. The summed E-state index contributed by atoms with van der Waals surface area (Å²) in [6.07, 6.45) is 4.03. The lowest BCUT2D eigenvalue weighted by molar-refractivity contribution is -0.134. The number of nitrogen functional groups attached to an aromatic ring is 1. The van der Waals surface area contributed by atoms with Gasteiger partial charge in [0.25, 0.3) is 0 Å². The summed E-state index contributed by atoms with van der Waals surface area (Å²) in [5.41, 5.74) is 7.45. The normalized spacial score (nSPS) is 16.6. The van der Waals surface area contributed by atoms with Gasteiger partial charge in [-0.25, -0.2) is 8.42 Å². The quantitative estimate of drug-likeness (QED) is 0.703. The molecule has 8 heteroatoms. The van der Waals surface area contributed by atoms with Crippen molar-refractivity contribution in [1.29, 1.82) is 0 Å². The first-order chi connectivity index (χ1) is 14.2. The van der Waals surface area contributed by atoms with Crippen molar-refractivity contribution in [2.45, 2.75) is 57.5 Å². The lowest BCUT2D eigenvalue weighted by Gasteiger charge is -2.33. The van der Waals surface area contributed by atoms with Gasteiger partial charge in [0.15, 0.2) is 0 Å². The summed E-state index contributed by atoms with van der Waals surface area (Å²) in [5.74, 6) is 1.01. The number of amides is 1. The van der Waals surface area contributed by atoms with E-state index in [9.17, 15) is 13.2 Å². The maximum atomic E-state index is 13.3. The minimum absolute atomic E-state index is 0.165. The number of sulfonamides is 1. The second-order valence-electron chi connectivity index (χ2n) is 8.37. The number of carbonyl (C=O) groups is 1. The molecule has 1 atom stereocenters. The molecule has 0 bridgehead atoms. The van der Waals surface area contributed by atoms with Crippen molar-refractivity contribution in [2.75, 3.05) is 18.8 Å². The van der Waals surface area contributed by atoms with E-state index in [2.05, 4.69) is 11.6 Å². The third-order valence-electron chi connectivity index (χ3n) is 5.85. The molecule has 3 N–H and O–H groups in total. The highest BCUT2D eigenvalue weighted by molar-refractivity contribution is 7.89. The fourth-order valence-electron chi connectivity index (χ4n) is 3.83. The van der Waals surface area contributed by atoms with E-state index in [-0.39, 0.29) is 10.8 Å². The van der Waals surface area contributed by atoms with E-state index in [4.69, 9.17) is 5.73 Å². The number of aromatic nitrogens is 1. The summed E-state index contributed by atoms with van der Waals surface area (Å²) in [4.78, 5) is 15.3. The Hall–Kier alpha value is -2.32. The van der Waals surface area contributed by atoms with Crippen molar-refractivity contribution in [3.63, 3.8) is 0 Å². The van der Waals surface area contributed by atoms with Crippen LogP contribution in [0.5, 0.6) is 0 Å². The Bertz CT molecular complexity index is 992. The molecule has 1 fully saturated rings. The standard InChI is InChI=1S/C22H32N4O3S/c1-16-8-12-26(13-9-16)22(27)19(10-14-25-11-4-5-21(25)23)24-30(28,29)20-15-17(2)6-7-18(20)3/h4-7,11,15-16,19,24H,8-10,12-14,23H2,1-3H3. The number of anilines is 1. The first-order valence-electron chi connectivity index (χ1n) is 10.5. The third-order valence-corrected chi connectivity index (χ3v) is 7.46. The van der Waals surface area contributed by atoms with E-state index >= 15 is 0 Å². The summed E-state index contributed by atoms with van der Waals surface area (Å²) in [6, 6.07) is 8.08. The van der Waals surface area contributed by atoms with Crippen LogP contribution in [0.1, 0.15) is 37.3 Å². The molecule has 7 nitrogen and oxygen atoms in total. The molecule has 0 aliphatic carbocycles. The second kappa shape index (κ2) is 9.22. The van der Waals surface area contributed by atoms with Gasteiger partial charge >= 0.3 is 0 Å². The molecule has 1 aromatic carbocycles. The zero-order chi connectivity index (χ0) is 21.9.